The fraction of sp³-hybridized carbons (Fsp3) is 0.417. The smallest absolute Gasteiger partial charge is 0.107 e. The summed E-state index contributed by atoms with van der Waals surface area (Å²) in [4.78, 5) is 0. The van der Waals surface area contributed by atoms with Gasteiger partial charge in [0, 0.05) is 12.0 Å². The van der Waals surface area contributed by atoms with Crippen LogP contribution in [0.3, 0.4) is 0 Å². The molecule has 0 saturated heterocycles. The normalized spacial score (nSPS) is 14.8. The van der Waals surface area contributed by atoms with Gasteiger partial charge in [0.15, 0.2) is 0 Å². The van der Waals surface area contributed by atoms with Crippen LogP contribution < -0.4 is 5.73 Å². The van der Waals surface area contributed by atoms with E-state index in [1.165, 1.54) is 33.0 Å². The minimum Gasteiger partial charge on any atom is -0.327 e. The van der Waals surface area contributed by atoms with Crippen LogP contribution in [0.15, 0.2) is 49.6 Å². The van der Waals surface area contributed by atoms with Crippen LogP contribution in [-0.4, -0.2) is 13.9 Å². The van der Waals surface area contributed by atoms with E-state index < -0.39 is 0 Å². The third-order valence-corrected chi connectivity index (χ3v) is 5.89. The third kappa shape index (κ3) is 3.96. The molecule has 0 amide bonds. The predicted molar refractivity (Wildman–Crippen MR) is 120 cm³/mol. The van der Waals surface area contributed by atoms with Crippen molar-refractivity contribution in [1.82, 2.24) is 0 Å². The van der Waals surface area contributed by atoms with Gasteiger partial charge in [-0.05, 0) is 58.7 Å². The summed E-state index contributed by atoms with van der Waals surface area (Å²) in [5.41, 5.74) is 11.6. The van der Waals surface area contributed by atoms with Gasteiger partial charge in [0.1, 0.15) is 7.85 Å². The van der Waals surface area contributed by atoms with Crippen molar-refractivity contribution in [3.8, 4) is 0 Å². The second kappa shape index (κ2) is 9.23. The Bertz CT molecular complexity index is 777. The molecule has 0 fully saturated rings. The number of allylic oxidation sites excluding steroid dienone is 2. The van der Waals surface area contributed by atoms with E-state index in [1.807, 2.05) is 0 Å². The summed E-state index contributed by atoms with van der Waals surface area (Å²) < 4.78 is 0. The third-order valence-electron chi connectivity index (χ3n) is 5.89. The number of aryl methyl sites for hydroxylation is 1. The van der Waals surface area contributed by atoms with Gasteiger partial charge in [-0.1, -0.05) is 69.6 Å². The molecule has 1 nitrogen and oxygen atoms in total. The van der Waals surface area contributed by atoms with Gasteiger partial charge in [0.05, 0.1) is 0 Å². The summed E-state index contributed by atoms with van der Waals surface area (Å²) in [6.45, 7) is 15.3. The van der Waals surface area contributed by atoms with Crippen LogP contribution in [0.2, 0.25) is 0 Å². The Morgan fingerprint density at radius 2 is 1.88 bits per heavy atom. The summed E-state index contributed by atoms with van der Waals surface area (Å²) in [6, 6.07) is 11.2. The minimum atomic E-state index is 0.182. The van der Waals surface area contributed by atoms with Crippen LogP contribution in [0.4, 0.5) is 0 Å². The molecule has 3 unspecified atom stereocenters. The number of hydrogen-bond acceptors (Lipinski definition) is 1. The number of nitrogens with two attached hydrogens (primary N) is 1. The molecule has 0 aliphatic rings. The molecule has 0 aromatic heterocycles. The van der Waals surface area contributed by atoms with E-state index in [0.29, 0.717) is 5.92 Å². The van der Waals surface area contributed by atoms with Gasteiger partial charge in [-0.15, -0.1) is 6.58 Å². The van der Waals surface area contributed by atoms with Crippen molar-refractivity contribution in [2.45, 2.75) is 52.4 Å². The molecular formula is C24H34BN. The van der Waals surface area contributed by atoms with Crippen LogP contribution >= 0.6 is 0 Å². The Balaban J connectivity index is 2.56. The van der Waals surface area contributed by atoms with E-state index in [1.54, 1.807) is 0 Å². The number of fused-ring (bicyclic) bond motifs is 1. The summed E-state index contributed by atoms with van der Waals surface area (Å²) >= 11 is 0. The van der Waals surface area contributed by atoms with Crippen molar-refractivity contribution >= 4 is 24.2 Å². The number of benzene rings is 2. The van der Waals surface area contributed by atoms with Crippen LogP contribution in [0.25, 0.3) is 16.3 Å². The maximum absolute atomic E-state index is 6.49. The Morgan fingerprint density at radius 1 is 1.23 bits per heavy atom. The standard InChI is InChI=1S/C24H34BN/c1-6-11-22(24(26)8-3)19(7-2)16(4)23-14-18(15-25)21-13-10-9-12-20(21)17(23)5/h7,9-10,12-14,19,22,24H,2,4,6,8,11,15,25-26H2,1,3,5H3. The lowest BCUT2D eigenvalue weighted by molar-refractivity contribution is 0.341. The zero-order valence-corrected chi connectivity index (χ0v) is 17.0. The van der Waals surface area contributed by atoms with Crippen LogP contribution in [0.5, 0.6) is 0 Å². The topological polar surface area (TPSA) is 26.0 Å². The van der Waals surface area contributed by atoms with Crippen molar-refractivity contribution in [3.63, 3.8) is 0 Å². The van der Waals surface area contributed by atoms with Crippen LogP contribution in [0, 0.1) is 18.8 Å². The molecule has 0 radical (unpaired) electrons. The van der Waals surface area contributed by atoms with Gasteiger partial charge in [-0.3, -0.25) is 0 Å². The highest BCUT2D eigenvalue weighted by atomic mass is 14.7. The highest BCUT2D eigenvalue weighted by Gasteiger charge is 2.27. The maximum atomic E-state index is 6.49. The molecule has 26 heavy (non-hydrogen) atoms. The molecule has 2 rings (SSSR count). The summed E-state index contributed by atoms with van der Waals surface area (Å²) in [5.74, 6) is 0.611. The van der Waals surface area contributed by atoms with Crippen LogP contribution in [-0.2, 0) is 6.32 Å². The second-order valence-electron chi connectivity index (χ2n) is 7.42. The van der Waals surface area contributed by atoms with Gasteiger partial charge in [-0.2, -0.15) is 0 Å². The molecule has 0 heterocycles. The largest absolute Gasteiger partial charge is 0.327 e. The fourth-order valence-electron chi connectivity index (χ4n) is 4.27. The molecule has 0 bridgehead atoms. The van der Waals surface area contributed by atoms with E-state index in [4.69, 9.17) is 5.73 Å². The Labute approximate surface area is 160 Å². The van der Waals surface area contributed by atoms with Gasteiger partial charge in [0.2, 0.25) is 0 Å². The van der Waals surface area contributed by atoms with Crippen molar-refractivity contribution in [3.05, 3.63) is 66.3 Å². The van der Waals surface area contributed by atoms with Crippen molar-refractivity contribution in [2.24, 2.45) is 17.6 Å². The van der Waals surface area contributed by atoms with Crippen molar-refractivity contribution in [2.75, 3.05) is 0 Å². The van der Waals surface area contributed by atoms with Gasteiger partial charge in [0.25, 0.3) is 0 Å². The first-order valence-electron chi connectivity index (χ1n) is 10.1. The lowest BCUT2D eigenvalue weighted by atomic mass is 9.75. The molecule has 0 spiro atoms. The lowest BCUT2D eigenvalue weighted by Gasteiger charge is -2.32. The monoisotopic (exact) mass is 347 g/mol. The Kier molecular flexibility index (Phi) is 7.28. The average Bonchev–Trinajstić information content (AvgIpc) is 2.67. The minimum absolute atomic E-state index is 0.182. The summed E-state index contributed by atoms with van der Waals surface area (Å²) in [7, 11) is 2.22. The molecule has 2 aromatic rings. The number of rotatable bonds is 9. The number of hydrogen-bond donors (Lipinski definition) is 1. The highest BCUT2D eigenvalue weighted by Crippen LogP contribution is 2.38. The van der Waals surface area contributed by atoms with Gasteiger partial charge >= 0.3 is 0 Å². The van der Waals surface area contributed by atoms with E-state index in [9.17, 15) is 0 Å². The zero-order chi connectivity index (χ0) is 19.3. The summed E-state index contributed by atoms with van der Waals surface area (Å²) in [6.07, 6.45) is 6.31. The molecule has 2 N–H and O–H groups in total. The first-order chi connectivity index (χ1) is 12.5. The van der Waals surface area contributed by atoms with Gasteiger partial charge in [-0.25, -0.2) is 0 Å². The molecule has 0 aliphatic heterocycles. The first-order valence-corrected chi connectivity index (χ1v) is 10.1. The summed E-state index contributed by atoms with van der Waals surface area (Å²) in [5, 5.41) is 2.69. The quantitative estimate of drug-likeness (QED) is 0.486. The molecule has 0 aliphatic carbocycles. The lowest BCUT2D eigenvalue weighted by Crippen LogP contribution is -2.34. The van der Waals surface area contributed by atoms with Crippen LogP contribution in [0.1, 0.15) is 49.8 Å². The SMILES string of the molecule is BCc1cc(C(=C)C(C=C)C(CCC)C(N)CC)c(C)c2ccccc12. The van der Waals surface area contributed by atoms with Crippen molar-refractivity contribution < 1.29 is 0 Å². The van der Waals surface area contributed by atoms with E-state index in [-0.39, 0.29) is 12.0 Å². The average molecular weight is 347 g/mol. The molecular weight excluding hydrogens is 313 g/mol. The van der Waals surface area contributed by atoms with Gasteiger partial charge < -0.3 is 5.73 Å². The van der Waals surface area contributed by atoms with E-state index >= 15 is 0 Å². The molecule has 0 saturated carbocycles. The predicted octanol–water partition coefficient (Wildman–Crippen LogP) is 5.25. The maximum Gasteiger partial charge on any atom is 0.107 e. The highest BCUT2D eigenvalue weighted by molar-refractivity contribution is 6.10. The zero-order valence-electron chi connectivity index (χ0n) is 17.0. The Hall–Kier alpha value is -1.80. The Morgan fingerprint density at radius 3 is 2.42 bits per heavy atom. The molecule has 2 heteroatoms. The molecule has 2 aromatic carbocycles. The fourth-order valence-corrected chi connectivity index (χ4v) is 4.27. The van der Waals surface area contributed by atoms with Crippen molar-refractivity contribution in [1.29, 1.82) is 0 Å². The second-order valence-corrected chi connectivity index (χ2v) is 7.42. The van der Waals surface area contributed by atoms with E-state index in [0.717, 1.165) is 25.6 Å². The molecule has 3 atom stereocenters. The molecule has 138 valence electrons. The first kappa shape index (κ1) is 20.5. The van der Waals surface area contributed by atoms with E-state index in [2.05, 4.69) is 78.2 Å².